The van der Waals surface area contributed by atoms with Crippen molar-refractivity contribution in [3.63, 3.8) is 0 Å². The number of carbonyl (C=O) groups excluding carboxylic acids is 1. The number of nitrogens with zero attached hydrogens (tertiary/aromatic N) is 5. The molecule has 0 spiro atoms. The van der Waals surface area contributed by atoms with Gasteiger partial charge in [-0.3, -0.25) is 14.7 Å². The minimum absolute atomic E-state index is 0.0622. The summed E-state index contributed by atoms with van der Waals surface area (Å²) in [5.74, 6) is 0.700. The van der Waals surface area contributed by atoms with E-state index in [1.54, 1.807) is 30.5 Å². The van der Waals surface area contributed by atoms with E-state index in [9.17, 15) is 9.90 Å². The fraction of sp³-hybridized carbons (Fsp3) is 0.522. The number of aromatic nitrogens is 2. The fourth-order valence-corrected chi connectivity index (χ4v) is 4.58. The van der Waals surface area contributed by atoms with Gasteiger partial charge in [-0.05, 0) is 56.5 Å². The fourth-order valence-electron chi connectivity index (χ4n) is 4.58. The van der Waals surface area contributed by atoms with E-state index in [4.69, 9.17) is 0 Å². The summed E-state index contributed by atoms with van der Waals surface area (Å²) in [6.07, 6.45) is 9.08. The maximum absolute atomic E-state index is 12.9. The summed E-state index contributed by atoms with van der Waals surface area (Å²) in [6.45, 7) is 4.83. The third-order valence-corrected chi connectivity index (χ3v) is 6.11. The van der Waals surface area contributed by atoms with Crippen molar-refractivity contribution in [2.45, 2.75) is 37.8 Å². The van der Waals surface area contributed by atoms with Gasteiger partial charge in [0.05, 0.1) is 18.3 Å². The summed E-state index contributed by atoms with van der Waals surface area (Å²) in [4.78, 5) is 27.5. The molecule has 1 atom stereocenters. The largest absolute Gasteiger partial charge is 0.386 e. The van der Waals surface area contributed by atoms with E-state index in [0.717, 1.165) is 38.4 Å². The Bertz CT molecular complexity index is 838. The molecule has 1 aromatic carbocycles. The van der Waals surface area contributed by atoms with Gasteiger partial charge in [0.15, 0.2) is 0 Å². The predicted molar refractivity (Wildman–Crippen MR) is 116 cm³/mol. The number of amides is 1. The molecule has 2 fully saturated rings. The summed E-state index contributed by atoms with van der Waals surface area (Å²) in [5.41, 5.74) is 0.935. The normalized spacial score (nSPS) is 22.3. The Morgan fingerprint density at radius 3 is 2.60 bits per heavy atom. The summed E-state index contributed by atoms with van der Waals surface area (Å²) < 4.78 is 0. The molecule has 4 rings (SSSR count). The Labute approximate surface area is 178 Å². The molecule has 30 heavy (non-hydrogen) atoms. The van der Waals surface area contributed by atoms with Crippen LogP contribution >= 0.6 is 0 Å². The van der Waals surface area contributed by atoms with Crippen LogP contribution in [0.1, 0.15) is 41.6 Å². The van der Waals surface area contributed by atoms with Crippen molar-refractivity contribution in [1.29, 1.82) is 0 Å². The quantitative estimate of drug-likeness (QED) is 0.788. The minimum Gasteiger partial charge on any atom is -0.386 e. The summed E-state index contributed by atoms with van der Waals surface area (Å²) in [6, 6.07) is 7.90. The molecule has 1 aromatic heterocycles. The van der Waals surface area contributed by atoms with Crippen LogP contribution in [0.15, 0.2) is 42.9 Å². The summed E-state index contributed by atoms with van der Waals surface area (Å²) in [5, 5.41) is 11.2. The molecule has 0 saturated carbocycles. The number of likely N-dealkylation sites (N-methyl/N-ethyl adjacent to an activating group) is 1. The lowest BCUT2D eigenvalue weighted by atomic mass is 9.92. The zero-order chi connectivity index (χ0) is 21.0. The first kappa shape index (κ1) is 20.8. The third kappa shape index (κ3) is 4.96. The molecule has 1 unspecified atom stereocenters. The van der Waals surface area contributed by atoms with Gasteiger partial charge in [0, 0.05) is 44.6 Å². The van der Waals surface area contributed by atoms with Gasteiger partial charge in [0.1, 0.15) is 5.82 Å². The van der Waals surface area contributed by atoms with E-state index in [-0.39, 0.29) is 12.5 Å². The molecule has 7 heteroatoms. The van der Waals surface area contributed by atoms with Crippen LogP contribution in [0, 0.1) is 0 Å². The van der Waals surface area contributed by atoms with Gasteiger partial charge < -0.3 is 14.9 Å². The van der Waals surface area contributed by atoms with Crippen LogP contribution < -0.4 is 4.90 Å². The van der Waals surface area contributed by atoms with Crippen LogP contribution in [0.2, 0.25) is 0 Å². The highest BCUT2D eigenvalue weighted by Gasteiger charge is 2.36. The van der Waals surface area contributed by atoms with E-state index >= 15 is 0 Å². The zero-order valence-corrected chi connectivity index (χ0v) is 17.7. The number of likely N-dealkylation sites (tertiary alicyclic amines) is 1. The molecule has 1 amide bonds. The van der Waals surface area contributed by atoms with E-state index in [1.165, 1.54) is 18.4 Å². The summed E-state index contributed by atoms with van der Waals surface area (Å²) >= 11 is 0. The van der Waals surface area contributed by atoms with Gasteiger partial charge in [-0.15, -0.1) is 0 Å². The molecule has 0 radical (unpaired) electrons. The van der Waals surface area contributed by atoms with Gasteiger partial charge >= 0.3 is 0 Å². The molecular formula is C23H31N5O2. The number of hydrogen-bond acceptors (Lipinski definition) is 6. The Morgan fingerprint density at radius 2 is 1.90 bits per heavy atom. The molecule has 2 aromatic rings. The third-order valence-electron chi connectivity index (χ3n) is 6.11. The first-order chi connectivity index (χ1) is 14.5. The molecule has 3 heterocycles. The molecule has 2 saturated heterocycles. The molecule has 2 aliphatic heterocycles. The number of carbonyl (C=O) groups is 1. The van der Waals surface area contributed by atoms with Crippen molar-refractivity contribution in [3.05, 3.63) is 54.0 Å². The van der Waals surface area contributed by atoms with Crippen LogP contribution in [-0.2, 0) is 6.54 Å². The topological polar surface area (TPSA) is 72.8 Å². The predicted octanol–water partition coefficient (Wildman–Crippen LogP) is 2.18. The van der Waals surface area contributed by atoms with E-state index in [2.05, 4.69) is 14.9 Å². The van der Waals surface area contributed by atoms with Crippen LogP contribution in [0.25, 0.3) is 0 Å². The van der Waals surface area contributed by atoms with Crippen molar-refractivity contribution in [1.82, 2.24) is 19.8 Å². The van der Waals surface area contributed by atoms with E-state index in [0.29, 0.717) is 18.5 Å². The lowest BCUT2D eigenvalue weighted by molar-refractivity contribution is -0.000145. The van der Waals surface area contributed by atoms with Gasteiger partial charge in [-0.25, -0.2) is 4.98 Å². The molecule has 1 N–H and O–H groups in total. The first-order valence-corrected chi connectivity index (χ1v) is 10.8. The lowest BCUT2D eigenvalue weighted by Gasteiger charge is -2.41. The van der Waals surface area contributed by atoms with Crippen molar-refractivity contribution in [2.75, 3.05) is 44.7 Å². The Hall–Kier alpha value is -2.51. The molecule has 160 valence electrons. The highest BCUT2D eigenvalue weighted by molar-refractivity contribution is 5.94. The molecule has 0 bridgehead atoms. The van der Waals surface area contributed by atoms with Gasteiger partial charge in [-0.1, -0.05) is 12.1 Å². The van der Waals surface area contributed by atoms with Crippen molar-refractivity contribution in [3.8, 4) is 0 Å². The van der Waals surface area contributed by atoms with Crippen molar-refractivity contribution < 1.29 is 9.90 Å². The van der Waals surface area contributed by atoms with Gasteiger partial charge in [-0.2, -0.15) is 0 Å². The number of hydrogen-bond donors (Lipinski definition) is 1. The molecule has 0 aliphatic carbocycles. The number of benzene rings is 1. The smallest absolute Gasteiger partial charge is 0.253 e. The highest BCUT2D eigenvalue weighted by Crippen LogP contribution is 2.25. The SMILES string of the molecule is CN(CC1(O)CCCN(c2cnccn2)C1)C(=O)c1ccc(CN2CCCC2)cc1. The second kappa shape index (κ2) is 9.10. The van der Waals surface area contributed by atoms with Crippen molar-refractivity contribution in [2.24, 2.45) is 0 Å². The molecular weight excluding hydrogens is 378 g/mol. The second-order valence-corrected chi connectivity index (χ2v) is 8.65. The zero-order valence-electron chi connectivity index (χ0n) is 17.7. The van der Waals surface area contributed by atoms with Gasteiger partial charge in [0.2, 0.25) is 0 Å². The van der Waals surface area contributed by atoms with Crippen LogP contribution in [0.4, 0.5) is 5.82 Å². The standard InChI is InChI=1S/C23H31N5O2/c1-26(17-23(30)9-4-14-28(18-23)21-15-24-10-11-25-21)22(29)20-7-5-19(6-8-20)16-27-12-2-3-13-27/h5-8,10-11,15,30H,2-4,9,12-14,16-18H2,1H3. The van der Waals surface area contributed by atoms with Crippen LogP contribution in [0.5, 0.6) is 0 Å². The monoisotopic (exact) mass is 409 g/mol. The van der Waals surface area contributed by atoms with Crippen molar-refractivity contribution >= 4 is 11.7 Å². The number of anilines is 1. The number of aliphatic hydroxyl groups is 1. The maximum atomic E-state index is 12.9. The minimum atomic E-state index is -0.962. The molecule has 2 aliphatic rings. The van der Waals surface area contributed by atoms with Gasteiger partial charge in [0.25, 0.3) is 5.91 Å². The lowest BCUT2D eigenvalue weighted by Crippen LogP contribution is -2.54. The Balaban J connectivity index is 1.36. The number of rotatable bonds is 6. The average molecular weight is 410 g/mol. The number of β-amino-alcohol motifs (C(OH)–C–C–N with tert-alkyl or cyclic N) is 1. The number of piperidine rings is 1. The van der Waals surface area contributed by atoms with Crippen LogP contribution in [-0.4, -0.2) is 76.2 Å². The Morgan fingerprint density at radius 1 is 1.13 bits per heavy atom. The van der Waals surface area contributed by atoms with Crippen LogP contribution in [0.3, 0.4) is 0 Å². The average Bonchev–Trinajstić information content (AvgIpc) is 3.27. The molecule has 7 nitrogen and oxygen atoms in total. The second-order valence-electron chi connectivity index (χ2n) is 8.65. The van der Waals surface area contributed by atoms with E-state index < -0.39 is 5.60 Å². The summed E-state index contributed by atoms with van der Waals surface area (Å²) in [7, 11) is 1.76. The first-order valence-electron chi connectivity index (χ1n) is 10.8. The van der Waals surface area contributed by atoms with E-state index in [1.807, 2.05) is 29.2 Å². The highest BCUT2D eigenvalue weighted by atomic mass is 16.3. The maximum Gasteiger partial charge on any atom is 0.253 e. The Kier molecular flexibility index (Phi) is 6.29.